The minimum absolute atomic E-state index is 0.0646. The van der Waals surface area contributed by atoms with Crippen molar-refractivity contribution < 1.29 is 27.3 Å². The van der Waals surface area contributed by atoms with Crippen LogP contribution in [0.5, 0.6) is 0 Å². The number of amides is 3. The number of hydrogen-bond acceptors (Lipinski definition) is 4. The number of urea groups is 1. The number of imide groups is 1. The lowest BCUT2D eigenvalue weighted by Gasteiger charge is -2.33. The number of carbonyl (C=O) groups excluding carboxylic acids is 2. The van der Waals surface area contributed by atoms with Crippen molar-refractivity contribution in [1.82, 2.24) is 14.5 Å². The van der Waals surface area contributed by atoms with Crippen LogP contribution in [0.2, 0.25) is 0 Å². The molecule has 2 heterocycles. The molecular formula is C18H24FN4O4S+. The fourth-order valence-electron chi connectivity index (χ4n) is 4.00. The van der Waals surface area contributed by atoms with Crippen molar-refractivity contribution in [1.29, 1.82) is 0 Å². The molecule has 3 amide bonds. The Kier molecular flexibility index (Phi) is 4.67. The molecule has 0 bridgehead atoms. The molecule has 3 aliphatic rings. The van der Waals surface area contributed by atoms with Gasteiger partial charge in [-0.1, -0.05) is 6.07 Å². The predicted octanol–water partition coefficient (Wildman–Crippen LogP) is -0.607. The second-order valence-electron chi connectivity index (χ2n) is 7.91. The van der Waals surface area contributed by atoms with E-state index in [2.05, 4.69) is 5.32 Å². The summed E-state index contributed by atoms with van der Waals surface area (Å²) in [6.07, 6.45) is 1.89. The molecule has 2 saturated heterocycles. The van der Waals surface area contributed by atoms with E-state index in [4.69, 9.17) is 0 Å². The molecular weight excluding hydrogens is 387 g/mol. The Labute approximate surface area is 163 Å². The number of nitrogens with one attached hydrogen (secondary N) is 2. The molecule has 2 aliphatic heterocycles. The number of benzene rings is 1. The number of hydrogen-bond donors (Lipinski definition) is 2. The smallest absolute Gasteiger partial charge is 0.323 e. The van der Waals surface area contributed by atoms with Crippen LogP contribution in [0, 0.1) is 11.7 Å². The third kappa shape index (κ3) is 3.29. The Bertz CT molecular complexity index is 912. The van der Waals surface area contributed by atoms with E-state index >= 15 is 0 Å². The van der Waals surface area contributed by atoms with Crippen LogP contribution in [-0.4, -0.2) is 67.9 Å². The summed E-state index contributed by atoms with van der Waals surface area (Å²) in [6.45, 7) is 3.43. The number of rotatable bonds is 5. The van der Waals surface area contributed by atoms with Gasteiger partial charge in [-0.2, -0.15) is 4.31 Å². The molecule has 1 aromatic carbocycles. The first-order valence-corrected chi connectivity index (χ1v) is 10.9. The van der Waals surface area contributed by atoms with E-state index in [1.54, 1.807) is 6.92 Å². The van der Waals surface area contributed by atoms with Gasteiger partial charge in [-0.25, -0.2) is 22.5 Å². The molecule has 1 aromatic rings. The standard InChI is InChI=1S/C18H23FN4O4S/c1-18(13-5-6-13)16(24)23(17(25)20-18)12-21-7-9-22(10-8-21)28(26,27)15-4-2-3-14(19)11-15/h2-4,11,13H,5-10,12H2,1H3,(H,20,25)/p+1/t18-/m0/s1. The molecule has 1 atom stereocenters. The Balaban J connectivity index is 1.38. The number of quaternary nitrogens is 1. The number of nitrogens with zero attached hydrogens (tertiary/aromatic N) is 2. The van der Waals surface area contributed by atoms with Gasteiger partial charge in [0, 0.05) is 0 Å². The van der Waals surface area contributed by atoms with E-state index in [9.17, 15) is 22.4 Å². The molecule has 1 saturated carbocycles. The van der Waals surface area contributed by atoms with Gasteiger partial charge in [0.05, 0.1) is 31.1 Å². The third-order valence-electron chi connectivity index (χ3n) is 5.94. The monoisotopic (exact) mass is 411 g/mol. The van der Waals surface area contributed by atoms with Gasteiger partial charge in [0.1, 0.15) is 11.4 Å². The minimum atomic E-state index is -3.76. The van der Waals surface area contributed by atoms with E-state index in [1.165, 1.54) is 27.4 Å². The summed E-state index contributed by atoms with van der Waals surface area (Å²) in [5, 5.41) is 2.82. The summed E-state index contributed by atoms with van der Waals surface area (Å²) >= 11 is 0. The molecule has 3 fully saturated rings. The Morgan fingerprint density at radius 1 is 1.25 bits per heavy atom. The maximum Gasteiger partial charge on any atom is 0.329 e. The first-order valence-electron chi connectivity index (χ1n) is 9.45. The summed E-state index contributed by atoms with van der Waals surface area (Å²) in [7, 11) is -3.76. The maximum atomic E-state index is 13.4. The SMILES string of the molecule is C[C@@]1(C2CC2)NC(=O)N(C[NH+]2CCN(S(=O)(=O)c3cccc(F)c3)CC2)C1=O. The lowest BCUT2D eigenvalue weighted by Crippen LogP contribution is -3.16. The van der Waals surface area contributed by atoms with Crippen LogP contribution in [0.4, 0.5) is 9.18 Å². The van der Waals surface area contributed by atoms with Crippen molar-refractivity contribution in [2.45, 2.75) is 30.2 Å². The molecule has 0 spiro atoms. The second-order valence-corrected chi connectivity index (χ2v) is 9.85. The molecule has 0 radical (unpaired) electrons. The van der Waals surface area contributed by atoms with Gasteiger partial charge in [0.15, 0.2) is 6.67 Å². The Hall–Kier alpha value is -2.04. The van der Waals surface area contributed by atoms with Gasteiger partial charge in [-0.05, 0) is 43.9 Å². The van der Waals surface area contributed by atoms with E-state index in [0.717, 1.165) is 23.8 Å². The summed E-state index contributed by atoms with van der Waals surface area (Å²) in [5.41, 5.74) is -0.806. The molecule has 0 aromatic heterocycles. The highest BCUT2D eigenvalue weighted by atomic mass is 32.2. The normalized spacial score (nSPS) is 27.3. The van der Waals surface area contributed by atoms with Crippen LogP contribution in [-0.2, 0) is 14.8 Å². The van der Waals surface area contributed by atoms with Crippen molar-refractivity contribution in [3.05, 3.63) is 30.1 Å². The Morgan fingerprint density at radius 3 is 2.54 bits per heavy atom. The fraction of sp³-hybridized carbons (Fsp3) is 0.556. The molecule has 8 nitrogen and oxygen atoms in total. The van der Waals surface area contributed by atoms with E-state index in [0.29, 0.717) is 13.1 Å². The molecule has 2 N–H and O–H groups in total. The third-order valence-corrected chi connectivity index (χ3v) is 7.83. The molecule has 1 aliphatic carbocycles. The molecule has 152 valence electrons. The molecule has 10 heteroatoms. The highest BCUT2D eigenvalue weighted by Crippen LogP contribution is 2.42. The summed E-state index contributed by atoms with van der Waals surface area (Å²) in [5.74, 6) is -0.581. The summed E-state index contributed by atoms with van der Waals surface area (Å²) in [4.78, 5) is 27.2. The predicted molar refractivity (Wildman–Crippen MR) is 97.2 cm³/mol. The lowest BCUT2D eigenvalue weighted by molar-refractivity contribution is -0.910. The van der Waals surface area contributed by atoms with Gasteiger partial charge < -0.3 is 10.2 Å². The molecule has 4 rings (SSSR count). The van der Waals surface area contributed by atoms with Gasteiger partial charge in [0.2, 0.25) is 10.0 Å². The van der Waals surface area contributed by atoms with E-state index in [1.807, 2.05) is 0 Å². The van der Waals surface area contributed by atoms with E-state index in [-0.39, 0.29) is 42.5 Å². The van der Waals surface area contributed by atoms with Crippen LogP contribution in [0.25, 0.3) is 0 Å². The van der Waals surface area contributed by atoms with Crippen LogP contribution >= 0.6 is 0 Å². The quantitative estimate of drug-likeness (QED) is 0.633. The summed E-state index contributed by atoms with van der Waals surface area (Å²) < 4.78 is 40.1. The van der Waals surface area contributed by atoms with Gasteiger partial charge >= 0.3 is 6.03 Å². The number of halogens is 1. The zero-order valence-electron chi connectivity index (χ0n) is 15.7. The number of sulfonamides is 1. The maximum absolute atomic E-state index is 13.4. The zero-order chi connectivity index (χ0) is 20.1. The van der Waals surface area contributed by atoms with Crippen LogP contribution in [0.15, 0.2) is 29.2 Å². The molecule has 0 unspecified atom stereocenters. The van der Waals surface area contributed by atoms with Gasteiger partial charge in [-0.15, -0.1) is 0 Å². The second kappa shape index (κ2) is 6.78. The van der Waals surface area contributed by atoms with Crippen molar-refractivity contribution in [3.63, 3.8) is 0 Å². The minimum Gasteiger partial charge on any atom is -0.323 e. The highest BCUT2D eigenvalue weighted by molar-refractivity contribution is 7.89. The fourth-order valence-corrected chi connectivity index (χ4v) is 5.47. The average Bonchev–Trinajstić information content (AvgIpc) is 3.48. The number of piperazine rings is 1. The average molecular weight is 411 g/mol. The molecule has 28 heavy (non-hydrogen) atoms. The van der Waals surface area contributed by atoms with Gasteiger partial charge in [0.25, 0.3) is 5.91 Å². The summed E-state index contributed by atoms with van der Waals surface area (Å²) in [6, 6.07) is 4.60. The zero-order valence-corrected chi connectivity index (χ0v) is 16.5. The van der Waals surface area contributed by atoms with Crippen LogP contribution < -0.4 is 10.2 Å². The van der Waals surface area contributed by atoms with Gasteiger partial charge in [-0.3, -0.25) is 4.79 Å². The topological polar surface area (TPSA) is 91.2 Å². The lowest BCUT2D eigenvalue weighted by atomic mass is 9.96. The van der Waals surface area contributed by atoms with Crippen molar-refractivity contribution in [2.24, 2.45) is 5.92 Å². The first-order chi connectivity index (χ1) is 13.2. The van der Waals surface area contributed by atoms with Crippen molar-refractivity contribution in [2.75, 3.05) is 32.8 Å². The first kappa shape index (κ1) is 19.3. The van der Waals surface area contributed by atoms with Crippen LogP contribution in [0.3, 0.4) is 0 Å². The van der Waals surface area contributed by atoms with Crippen LogP contribution in [0.1, 0.15) is 19.8 Å². The van der Waals surface area contributed by atoms with Crippen molar-refractivity contribution in [3.8, 4) is 0 Å². The highest BCUT2D eigenvalue weighted by Gasteiger charge is 2.56. The Morgan fingerprint density at radius 2 is 1.93 bits per heavy atom. The largest absolute Gasteiger partial charge is 0.329 e. The van der Waals surface area contributed by atoms with E-state index < -0.39 is 21.4 Å². The number of carbonyl (C=O) groups is 2. The van der Waals surface area contributed by atoms with Crippen molar-refractivity contribution >= 4 is 22.0 Å².